The van der Waals surface area contributed by atoms with Crippen LogP contribution >= 0.6 is 0 Å². The van der Waals surface area contributed by atoms with E-state index in [1.165, 1.54) is 6.07 Å². The van der Waals surface area contributed by atoms with E-state index >= 15 is 0 Å². The van der Waals surface area contributed by atoms with Gasteiger partial charge >= 0.3 is 11.6 Å². The van der Waals surface area contributed by atoms with Crippen LogP contribution in [0.3, 0.4) is 0 Å². The van der Waals surface area contributed by atoms with Crippen LogP contribution in [0.4, 0.5) is 0 Å². The molecule has 0 aliphatic heterocycles. The second kappa shape index (κ2) is 5.88. The molecule has 0 aliphatic carbocycles. The monoisotopic (exact) mass is 348 g/mol. The molecule has 0 spiro atoms. The summed E-state index contributed by atoms with van der Waals surface area (Å²) in [6.07, 6.45) is 0. The van der Waals surface area contributed by atoms with Crippen LogP contribution in [0.2, 0.25) is 0 Å². The molecule has 0 saturated heterocycles. The van der Waals surface area contributed by atoms with Crippen molar-refractivity contribution in [1.82, 2.24) is 0 Å². The highest BCUT2D eigenvalue weighted by atomic mass is 16.5. The lowest BCUT2D eigenvalue weighted by Gasteiger charge is -2.09. The van der Waals surface area contributed by atoms with E-state index < -0.39 is 11.6 Å². The van der Waals surface area contributed by atoms with Gasteiger partial charge in [0.25, 0.3) is 0 Å². The average Bonchev–Trinajstić information content (AvgIpc) is 2.95. The first-order valence-electron chi connectivity index (χ1n) is 8.20. The summed E-state index contributed by atoms with van der Waals surface area (Å²) in [6.45, 7) is 5.40. The Balaban J connectivity index is 1.77. The Morgan fingerprint density at radius 3 is 2.46 bits per heavy atom. The Morgan fingerprint density at radius 2 is 1.69 bits per heavy atom. The van der Waals surface area contributed by atoms with E-state index in [1.807, 2.05) is 32.0 Å². The Kier molecular flexibility index (Phi) is 3.65. The number of hydrogen-bond donors (Lipinski definition) is 0. The van der Waals surface area contributed by atoms with Crippen LogP contribution in [0.25, 0.3) is 21.9 Å². The van der Waals surface area contributed by atoms with E-state index in [0.29, 0.717) is 22.5 Å². The summed E-state index contributed by atoms with van der Waals surface area (Å²) >= 11 is 0. The fraction of sp³-hybridized carbons (Fsp3) is 0.143. The van der Waals surface area contributed by atoms with Crippen molar-refractivity contribution >= 4 is 27.9 Å². The maximum atomic E-state index is 12.6. The van der Waals surface area contributed by atoms with Crippen LogP contribution < -0.4 is 10.4 Å². The molecule has 0 amide bonds. The number of fused-ring (bicyclic) bond motifs is 2. The summed E-state index contributed by atoms with van der Waals surface area (Å²) < 4.78 is 16.5. The number of carbonyl (C=O) groups excluding carboxylic acids is 1. The third-order valence-electron chi connectivity index (χ3n) is 4.55. The molecule has 4 aromatic rings. The zero-order chi connectivity index (χ0) is 18.4. The van der Waals surface area contributed by atoms with Crippen molar-refractivity contribution in [3.63, 3.8) is 0 Å². The Labute approximate surface area is 148 Å². The number of esters is 1. The molecule has 0 N–H and O–H groups in total. The number of ether oxygens (including phenoxy) is 1. The van der Waals surface area contributed by atoms with Crippen molar-refractivity contribution in [1.29, 1.82) is 0 Å². The first-order chi connectivity index (χ1) is 12.5. The van der Waals surface area contributed by atoms with Crippen molar-refractivity contribution in [2.24, 2.45) is 0 Å². The molecule has 4 rings (SSSR count). The predicted octanol–water partition coefficient (Wildman–Crippen LogP) is 4.68. The Morgan fingerprint density at radius 1 is 0.923 bits per heavy atom. The van der Waals surface area contributed by atoms with Gasteiger partial charge in [0.15, 0.2) is 0 Å². The number of aryl methyl sites for hydroxylation is 3. The van der Waals surface area contributed by atoms with Crippen LogP contribution in [0, 0.1) is 20.8 Å². The molecule has 0 fully saturated rings. The molecular weight excluding hydrogens is 332 g/mol. The van der Waals surface area contributed by atoms with Gasteiger partial charge in [-0.25, -0.2) is 9.59 Å². The van der Waals surface area contributed by atoms with Gasteiger partial charge in [0.1, 0.15) is 16.9 Å². The topological polar surface area (TPSA) is 69.7 Å². The minimum Gasteiger partial charge on any atom is -0.449 e. The van der Waals surface area contributed by atoms with Gasteiger partial charge in [-0.3, -0.25) is 0 Å². The Hall–Kier alpha value is -3.34. The second-order valence-corrected chi connectivity index (χ2v) is 6.26. The first kappa shape index (κ1) is 16.1. The highest BCUT2D eigenvalue weighted by Crippen LogP contribution is 2.30. The van der Waals surface area contributed by atoms with E-state index in [4.69, 9.17) is 13.6 Å². The van der Waals surface area contributed by atoms with Gasteiger partial charge in [-0.15, -0.1) is 0 Å². The molecule has 0 bridgehead atoms. The minimum atomic E-state index is -0.587. The number of benzene rings is 2. The first-order valence-corrected chi connectivity index (χ1v) is 8.20. The number of carbonyl (C=O) groups is 1. The fourth-order valence-electron chi connectivity index (χ4n) is 3.13. The summed E-state index contributed by atoms with van der Waals surface area (Å²) in [6, 6.07) is 12.3. The molecule has 5 nitrogen and oxygen atoms in total. The molecule has 2 aromatic heterocycles. The van der Waals surface area contributed by atoms with Crippen molar-refractivity contribution in [3.8, 4) is 5.75 Å². The van der Waals surface area contributed by atoms with Crippen LogP contribution in [0.15, 0.2) is 56.1 Å². The summed E-state index contributed by atoms with van der Waals surface area (Å²) in [5.41, 5.74) is 2.74. The molecule has 0 radical (unpaired) electrons. The third kappa shape index (κ3) is 2.49. The number of furan rings is 1. The summed E-state index contributed by atoms with van der Waals surface area (Å²) in [7, 11) is 0. The lowest BCUT2D eigenvalue weighted by atomic mass is 10.1. The largest absolute Gasteiger partial charge is 0.449 e. The third-order valence-corrected chi connectivity index (χ3v) is 4.55. The standard InChI is InChI=1S/C21H16O5/c1-11-10-18(22)26-19-13(3)16(9-8-14(11)19)25-21(23)20-12(2)15-6-4-5-7-17(15)24-20/h4-10H,1-3H3. The van der Waals surface area contributed by atoms with Crippen LogP contribution in [-0.2, 0) is 0 Å². The van der Waals surface area contributed by atoms with Crippen LogP contribution in [0.5, 0.6) is 5.75 Å². The molecule has 2 aromatic carbocycles. The Bertz CT molecular complexity index is 1230. The van der Waals surface area contributed by atoms with Crippen molar-refractivity contribution < 1.29 is 18.4 Å². The van der Waals surface area contributed by atoms with Crippen LogP contribution in [0.1, 0.15) is 27.2 Å². The molecule has 0 atom stereocenters. The quantitative estimate of drug-likeness (QED) is 0.299. The van der Waals surface area contributed by atoms with Crippen LogP contribution in [-0.4, -0.2) is 5.97 Å². The maximum absolute atomic E-state index is 12.6. The van der Waals surface area contributed by atoms with E-state index in [1.54, 1.807) is 25.1 Å². The lowest BCUT2D eigenvalue weighted by Crippen LogP contribution is -2.10. The molecule has 2 heterocycles. The molecular formula is C21H16O5. The van der Waals surface area contributed by atoms with Gasteiger partial charge in [0.05, 0.1) is 0 Å². The molecule has 5 heteroatoms. The maximum Gasteiger partial charge on any atom is 0.379 e. The highest BCUT2D eigenvalue weighted by Gasteiger charge is 2.21. The number of para-hydroxylation sites is 1. The van der Waals surface area contributed by atoms with Gasteiger partial charge in [-0.2, -0.15) is 0 Å². The summed E-state index contributed by atoms with van der Waals surface area (Å²) in [5.74, 6) is -0.0938. The highest BCUT2D eigenvalue weighted by molar-refractivity contribution is 5.97. The van der Waals surface area contributed by atoms with E-state index in [0.717, 1.165) is 21.9 Å². The summed E-state index contributed by atoms with van der Waals surface area (Å²) in [4.78, 5) is 24.3. The van der Waals surface area contributed by atoms with Gasteiger partial charge in [0.2, 0.25) is 5.76 Å². The molecule has 130 valence electrons. The van der Waals surface area contributed by atoms with Gasteiger partial charge in [-0.05, 0) is 44.5 Å². The molecule has 0 unspecified atom stereocenters. The molecule has 0 saturated carbocycles. The van der Waals surface area contributed by atoms with Gasteiger partial charge in [-0.1, -0.05) is 18.2 Å². The van der Waals surface area contributed by atoms with E-state index in [9.17, 15) is 9.59 Å². The lowest BCUT2D eigenvalue weighted by molar-refractivity contribution is 0.0702. The zero-order valence-electron chi connectivity index (χ0n) is 14.6. The van der Waals surface area contributed by atoms with E-state index in [2.05, 4.69) is 0 Å². The molecule has 26 heavy (non-hydrogen) atoms. The fourth-order valence-corrected chi connectivity index (χ4v) is 3.13. The van der Waals surface area contributed by atoms with Crippen molar-refractivity contribution in [3.05, 3.63) is 75.3 Å². The van der Waals surface area contributed by atoms with E-state index in [-0.39, 0.29) is 5.76 Å². The average molecular weight is 348 g/mol. The minimum absolute atomic E-state index is 0.163. The number of hydrogen-bond acceptors (Lipinski definition) is 5. The van der Waals surface area contributed by atoms with Gasteiger partial charge < -0.3 is 13.6 Å². The normalized spacial score (nSPS) is 11.2. The van der Waals surface area contributed by atoms with Crippen molar-refractivity contribution in [2.45, 2.75) is 20.8 Å². The van der Waals surface area contributed by atoms with Crippen molar-refractivity contribution in [2.75, 3.05) is 0 Å². The predicted molar refractivity (Wildman–Crippen MR) is 97.9 cm³/mol. The zero-order valence-corrected chi connectivity index (χ0v) is 14.6. The van der Waals surface area contributed by atoms with Gasteiger partial charge in [0, 0.05) is 28.0 Å². The molecule has 0 aliphatic rings. The summed E-state index contributed by atoms with van der Waals surface area (Å²) in [5, 5.41) is 1.68. The number of rotatable bonds is 2. The SMILES string of the molecule is Cc1c(C(=O)Oc2ccc3c(C)cc(=O)oc3c2C)oc2ccccc12. The second-order valence-electron chi connectivity index (χ2n) is 6.26. The smallest absolute Gasteiger partial charge is 0.379 e.